The highest BCUT2D eigenvalue weighted by atomic mass is 16.4. The van der Waals surface area contributed by atoms with E-state index in [1.165, 1.54) is 0 Å². The number of H-pyrrole nitrogens is 1. The number of rotatable bonds is 9. The van der Waals surface area contributed by atoms with Crippen LogP contribution in [-0.2, 0) is 11.3 Å². The van der Waals surface area contributed by atoms with Gasteiger partial charge >= 0.3 is 11.9 Å². The number of aliphatic hydroxyl groups excluding tert-OH is 1. The topological polar surface area (TPSA) is 156 Å². The van der Waals surface area contributed by atoms with E-state index in [9.17, 15) is 19.5 Å². The minimum Gasteiger partial charge on any atom is -0.479 e. The Balaban J connectivity index is 1.79. The molecule has 0 fully saturated rings. The Morgan fingerprint density at radius 2 is 1.65 bits per heavy atom. The number of aromatic carboxylic acids is 1. The summed E-state index contributed by atoms with van der Waals surface area (Å²) in [5.74, 6) is -3.40. The molecule has 160 valence electrons. The van der Waals surface area contributed by atoms with Crippen molar-refractivity contribution in [2.24, 2.45) is 0 Å². The molecule has 0 radical (unpaired) electrons. The van der Waals surface area contributed by atoms with E-state index in [-0.39, 0.29) is 17.9 Å². The van der Waals surface area contributed by atoms with Gasteiger partial charge in [-0.1, -0.05) is 54.6 Å². The van der Waals surface area contributed by atoms with E-state index < -0.39 is 30.5 Å². The summed E-state index contributed by atoms with van der Waals surface area (Å²) in [7, 11) is 0. The molecule has 1 atom stereocenters. The molecule has 2 aromatic carbocycles. The van der Waals surface area contributed by atoms with Crippen molar-refractivity contribution in [2.45, 2.75) is 12.6 Å². The van der Waals surface area contributed by atoms with Crippen molar-refractivity contribution in [1.29, 1.82) is 0 Å². The Morgan fingerprint density at radius 3 is 2.23 bits per heavy atom. The minimum absolute atomic E-state index is 0.0294. The maximum atomic E-state index is 12.8. The van der Waals surface area contributed by atoms with Gasteiger partial charge in [-0.15, -0.1) is 0 Å². The summed E-state index contributed by atoms with van der Waals surface area (Å²) >= 11 is 0. The van der Waals surface area contributed by atoms with Gasteiger partial charge in [0.15, 0.2) is 11.8 Å². The SMILES string of the molecule is O=C(O)c1cc(C(=O)N(Cc2ccc(-c3ccccc3)cc2)NC[C@@H](O)C(=O)O)[nH]n1. The average molecular weight is 424 g/mol. The van der Waals surface area contributed by atoms with Crippen molar-refractivity contribution in [3.05, 3.63) is 77.6 Å². The number of carbonyl (C=O) groups is 3. The summed E-state index contributed by atoms with van der Waals surface area (Å²) in [4.78, 5) is 34.7. The number of carbonyl (C=O) groups excluding carboxylic acids is 1. The predicted molar refractivity (Wildman–Crippen MR) is 109 cm³/mol. The van der Waals surface area contributed by atoms with Crippen molar-refractivity contribution in [3.63, 3.8) is 0 Å². The zero-order valence-corrected chi connectivity index (χ0v) is 16.2. The summed E-state index contributed by atoms with van der Waals surface area (Å²) < 4.78 is 0. The van der Waals surface area contributed by atoms with Gasteiger partial charge in [-0.2, -0.15) is 5.10 Å². The number of hydrogen-bond donors (Lipinski definition) is 5. The summed E-state index contributed by atoms with van der Waals surface area (Å²) in [6.45, 7) is -0.398. The van der Waals surface area contributed by atoms with Crippen LogP contribution in [0.15, 0.2) is 60.7 Å². The fourth-order valence-electron chi connectivity index (χ4n) is 2.79. The minimum atomic E-state index is -1.73. The second-order valence-electron chi connectivity index (χ2n) is 6.64. The van der Waals surface area contributed by atoms with Gasteiger partial charge in [0.2, 0.25) is 0 Å². The normalized spacial score (nSPS) is 11.6. The third-order valence-electron chi connectivity index (χ3n) is 4.43. The van der Waals surface area contributed by atoms with Crippen LogP contribution in [0.5, 0.6) is 0 Å². The molecule has 1 aromatic heterocycles. The Bertz CT molecular complexity index is 1060. The number of aliphatic hydroxyl groups is 1. The number of aliphatic carboxylic acids is 1. The average Bonchev–Trinajstić information content (AvgIpc) is 3.27. The molecule has 1 amide bonds. The summed E-state index contributed by atoms with van der Waals surface area (Å²) in [6.07, 6.45) is -1.73. The van der Waals surface area contributed by atoms with Crippen molar-refractivity contribution >= 4 is 17.8 Å². The fourth-order valence-corrected chi connectivity index (χ4v) is 2.79. The zero-order chi connectivity index (χ0) is 22.4. The standard InChI is InChI=1S/C21H20N4O6/c26-18(21(30)31)11-22-25(19(27)16-10-17(20(28)29)24-23-16)12-13-6-8-15(9-7-13)14-4-2-1-3-5-14/h1-10,18,22,26H,11-12H2,(H,23,24)(H,28,29)(H,30,31)/t18-/m1/s1. The lowest BCUT2D eigenvalue weighted by molar-refractivity contribution is -0.146. The van der Waals surface area contributed by atoms with Crippen molar-refractivity contribution in [1.82, 2.24) is 20.6 Å². The molecule has 0 bridgehead atoms. The summed E-state index contributed by atoms with van der Waals surface area (Å²) in [5, 5.41) is 34.4. The van der Waals surface area contributed by atoms with Crippen LogP contribution in [0.2, 0.25) is 0 Å². The van der Waals surface area contributed by atoms with Crippen molar-refractivity contribution in [2.75, 3.05) is 6.54 Å². The first kappa shape index (κ1) is 21.7. The first-order chi connectivity index (χ1) is 14.8. The van der Waals surface area contributed by atoms with Gasteiger partial charge in [0.1, 0.15) is 5.69 Å². The van der Waals surface area contributed by atoms with Crippen molar-refractivity contribution in [3.8, 4) is 11.1 Å². The van der Waals surface area contributed by atoms with Crippen LogP contribution in [0.4, 0.5) is 0 Å². The maximum absolute atomic E-state index is 12.8. The molecule has 0 aliphatic carbocycles. The summed E-state index contributed by atoms with van der Waals surface area (Å²) in [5.41, 5.74) is 4.90. The van der Waals surface area contributed by atoms with Crippen LogP contribution >= 0.6 is 0 Å². The smallest absolute Gasteiger partial charge is 0.356 e. The Morgan fingerprint density at radius 1 is 1.00 bits per heavy atom. The fraction of sp³-hybridized carbons (Fsp3) is 0.143. The highest BCUT2D eigenvalue weighted by Gasteiger charge is 2.22. The van der Waals surface area contributed by atoms with Crippen LogP contribution in [0.25, 0.3) is 11.1 Å². The quantitative estimate of drug-likeness (QED) is 0.323. The summed E-state index contributed by atoms with van der Waals surface area (Å²) in [6, 6.07) is 18.2. The molecule has 10 nitrogen and oxygen atoms in total. The molecule has 3 rings (SSSR count). The lowest BCUT2D eigenvalue weighted by Crippen LogP contribution is -2.47. The number of benzene rings is 2. The number of aromatic nitrogens is 2. The Hall–Kier alpha value is -4.02. The highest BCUT2D eigenvalue weighted by molar-refractivity contribution is 5.95. The molecule has 0 spiro atoms. The van der Waals surface area contributed by atoms with Gasteiger partial charge in [0, 0.05) is 6.07 Å². The number of carboxylic acid groups (broad SMARTS) is 2. The van der Waals surface area contributed by atoms with E-state index in [1.54, 1.807) is 0 Å². The second-order valence-corrected chi connectivity index (χ2v) is 6.64. The predicted octanol–water partition coefficient (Wildman–Crippen LogP) is 1.37. The first-order valence-corrected chi connectivity index (χ1v) is 9.24. The molecule has 0 unspecified atom stereocenters. The van der Waals surface area contributed by atoms with E-state index >= 15 is 0 Å². The van der Waals surface area contributed by atoms with Crippen LogP contribution in [0.3, 0.4) is 0 Å². The highest BCUT2D eigenvalue weighted by Crippen LogP contribution is 2.20. The lowest BCUT2D eigenvalue weighted by atomic mass is 10.0. The van der Waals surface area contributed by atoms with E-state index in [0.717, 1.165) is 27.8 Å². The van der Waals surface area contributed by atoms with E-state index in [0.29, 0.717) is 0 Å². The number of amides is 1. The first-order valence-electron chi connectivity index (χ1n) is 9.24. The van der Waals surface area contributed by atoms with Gasteiger partial charge < -0.3 is 15.3 Å². The molecular formula is C21H20N4O6. The number of hydrazine groups is 1. The van der Waals surface area contributed by atoms with Crippen LogP contribution in [-0.4, -0.2) is 61.0 Å². The van der Waals surface area contributed by atoms with E-state index in [2.05, 4.69) is 15.6 Å². The number of aromatic amines is 1. The molecular weight excluding hydrogens is 404 g/mol. The van der Waals surface area contributed by atoms with Crippen LogP contribution in [0, 0.1) is 0 Å². The molecule has 1 heterocycles. The zero-order valence-electron chi connectivity index (χ0n) is 16.2. The largest absolute Gasteiger partial charge is 0.479 e. The van der Waals surface area contributed by atoms with Crippen molar-refractivity contribution < 1.29 is 29.7 Å². The van der Waals surface area contributed by atoms with Gasteiger partial charge in [-0.3, -0.25) is 14.9 Å². The van der Waals surface area contributed by atoms with Gasteiger partial charge in [0.25, 0.3) is 5.91 Å². The number of carboxylic acids is 2. The van der Waals surface area contributed by atoms with Gasteiger partial charge in [-0.25, -0.2) is 15.0 Å². The van der Waals surface area contributed by atoms with Crippen LogP contribution in [0.1, 0.15) is 26.5 Å². The van der Waals surface area contributed by atoms with Crippen LogP contribution < -0.4 is 5.43 Å². The number of nitrogens with one attached hydrogen (secondary N) is 2. The molecule has 0 aliphatic heterocycles. The van der Waals surface area contributed by atoms with Gasteiger partial charge in [-0.05, 0) is 16.7 Å². The number of hydrogen-bond acceptors (Lipinski definition) is 6. The monoisotopic (exact) mass is 424 g/mol. The number of nitrogens with zero attached hydrogens (tertiary/aromatic N) is 2. The maximum Gasteiger partial charge on any atom is 0.356 e. The van der Waals surface area contributed by atoms with E-state index in [4.69, 9.17) is 10.2 Å². The van der Waals surface area contributed by atoms with Gasteiger partial charge in [0.05, 0.1) is 13.1 Å². The third-order valence-corrected chi connectivity index (χ3v) is 4.43. The molecule has 0 aliphatic rings. The second kappa shape index (κ2) is 9.65. The third kappa shape index (κ3) is 5.53. The molecule has 10 heteroatoms. The molecule has 31 heavy (non-hydrogen) atoms. The molecule has 5 N–H and O–H groups in total. The molecule has 0 saturated heterocycles. The Kier molecular flexibility index (Phi) is 6.75. The lowest BCUT2D eigenvalue weighted by Gasteiger charge is -2.24. The van der Waals surface area contributed by atoms with E-state index in [1.807, 2.05) is 54.6 Å². The molecule has 0 saturated carbocycles. The Labute approximate surface area is 176 Å². The molecule has 3 aromatic rings.